The van der Waals surface area contributed by atoms with Crippen molar-refractivity contribution >= 4 is 66.4 Å². The highest BCUT2D eigenvalue weighted by Gasteiger charge is 2.31. The normalized spacial score (nSPS) is 11.6. The lowest BCUT2D eigenvalue weighted by atomic mass is 9.91. The maximum Gasteiger partial charge on any atom is 0.416 e. The number of benzene rings is 10. The monoisotopic (exact) mass is 892 g/mol. The Kier molecular flexibility index (Phi) is 10.3. The molecule has 0 atom stereocenters. The van der Waals surface area contributed by atoms with E-state index in [2.05, 4.69) is 12.1 Å². The quantitative estimate of drug-likeness (QED) is 0.113. The molecule has 10 aromatic carbocycles. The highest BCUT2D eigenvalue weighted by molar-refractivity contribution is 6.28. The minimum atomic E-state index is -4.63. The van der Waals surface area contributed by atoms with Gasteiger partial charge in [-0.25, -0.2) is 17.6 Å². The summed E-state index contributed by atoms with van der Waals surface area (Å²) in [5.74, 6) is -3.53. The van der Waals surface area contributed by atoms with Gasteiger partial charge in [0.1, 0.15) is 23.3 Å². The molecule has 67 heavy (non-hydrogen) atoms. The summed E-state index contributed by atoms with van der Waals surface area (Å²) in [5, 5.41) is 23.7. The van der Waals surface area contributed by atoms with Crippen LogP contribution in [0.15, 0.2) is 170 Å². The van der Waals surface area contributed by atoms with Crippen LogP contribution in [0.5, 0.6) is 0 Å². The van der Waals surface area contributed by atoms with Crippen LogP contribution in [-0.4, -0.2) is 0 Å². The van der Waals surface area contributed by atoms with Crippen LogP contribution in [0.2, 0.25) is 0 Å². The Morgan fingerprint density at radius 3 is 1.19 bits per heavy atom. The summed E-state index contributed by atoms with van der Waals surface area (Å²) in [7, 11) is 0. The largest absolute Gasteiger partial charge is 0.416 e. The van der Waals surface area contributed by atoms with E-state index in [1.54, 1.807) is 76.5 Å². The molecule has 0 unspecified atom stereocenters. The highest BCUT2D eigenvalue weighted by atomic mass is 19.4. The highest BCUT2D eigenvalue weighted by Crippen LogP contribution is 2.49. The number of nitriles is 2. The fourth-order valence-corrected chi connectivity index (χ4v) is 8.78. The lowest BCUT2D eigenvalue weighted by Gasteiger charge is -2.30. The van der Waals surface area contributed by atoms with Crippen LogP contribution in [-0.2, 0) is 6.18 Å². The van der Waals surface area contributed by atoms with Crippen LogP contribution in [0.25, 0.3) is 54.6 Å². The summed E-state index contributed by atoms with van der Waals surface area (Å²) in [4.78, 5) is 3.25. The van der Waals surface area contributed by atoms with Gasteiger partial charge >= 0.3 is 6.18 Å². The zero-order valence-corrected chi connectivity index (χ0v) is 35.1. The Hall–Kier alpha value is -8.67. The van der Waals surface area contributed by atoms with Crippen molar-refractivity contribution in [2.45, 2.75) is 13.1 Å². The summed E-state index contributed by atoms with van der Waals surface area (Å²) in [6, 6.07) is 47.5. The van der Waals surface area contributed by atoms with Gasteiger partial charge in [0.2, 0.25) is 0 Å². The molecule has 0 aliphatic heterocycles. The molecular formula is C56H31F7N4. The Morgan fingerprint density at radius 2 is 0.806 bits per heavy atom. The molecule has 0 saturated heterocycles. The van der Waals surface area contributed by atoms with Crippen LogP contribution in [0.4, 0.5) is 64.9 Å². The number of rotatable bonds is 8. The topological polar surface area (TPSA) is 54.1 Å². The van der Waals surface area contributed by atoms with Crippen LogP contribution in [0.1, 0.15) is 22.3 Å². The molecule has 0 fully saturated rings. The van der Waals surface area contributed by atoms with Crippen molar-refractivity contribution in [3.05, 3.63) is 215 Å². The van der Waals surface area contributed by atoms with Gasteiger partial charge < -0.3 is 9.80 Å². The summed E-state index contributed by atoms with van der Waals surface area (Å²) in [6.07, 6.45) is -4.63. The number of hydrogen-bond donors (Lipinski definition) is 0. The van der Waals surface area contributed by atoms with Gasteiger partial charge in [-0.05, 0) is 125 Å². The number of alkyl halides is 3. The molecule has 10 rings (SSSR count). The molecule has 11 heteroatoms. The predicted molar refractivity (Wildman–Crippen MR) is 249 cm³/mol. The third kappa shape index (κ3) is 7.47. The van der Waals surface area contributed by atoms with E-state index in [4.69, 9.17) is 0 Å². The van der Waals surface area contributed by atoms with E-state index in [1.807, 2.05) is 61.5 Å². The first-order valence-electron chi connectivity index (χ1n) is 20.8. The summed E-state index contributed by atoms with van der Waals surface area (Å²) in [6.45, 7) is 1.91. The van der Waals surface area contributed by atoms with Gasteiger partial charge in [-0.1, -0.05) is 78.4 Å². The Morgan fingerprint density at radius 1 is 0.418 bits per heavy atom. The average Bonchev–Trinajstić information content (AvgIpc) is 3.33. The summed E-state index contributed by atoms with van der Waals surface area (Å²) in [5.41, 5.74) is 3.16. The second-order valence-electron chi connectivity index (χ2n) is 16.1. The van der Waals surface area contributed by atoms with Gasteiger partial charge in [0.25, 0.3) is 0 Å². The molecule has 0 heterocycles. The molecule has 324 valence electrons. The maximum absolute atomic E-state index is 16.5. The molecule has 0 aliphatic carbocycles. The fourth-order valence-electron chi connectivity index (χ4n) is 8.78. The van der Waals surface area contributed by atoms with E-state index in [0.29, 0.717) is 56.3 Å². The molecular weight excluding hydrogens is 862 g/mol. The molecule has 0 bridgehead atoms. The molecule has 4 nitrogen and oxygen atoms in total. The second kappa shape index (κ2) is 16.4. The SMILES string of the molecule is Cc1ccc(-c2cc(N(c3ccc(C#N)cc3)c3ccc4ccc5c(N(c6ccc(C#N)cc6)c6cc(-c7ccc(C(F)(F)F)cc7)c(F)cc6F)ccc6ccc3c4c65)c(F)cc2F)cc1. The van der Waals surface area contributed by atoms with Crippen molar-refractivity contribution in [2.75, 3.05) is 9.80 Å². The van der Waals surface area contributed by atoms with Gasteiger partial charge in [-0.3, -0.25) is 0 Å². The summed E-state index contributed by atoms with van der Waals surface area (Å²) >= 11 is 0. The van der Waals surface area contributed by atoms with Crippen LogP contribution >= 0.6 is 0 Å². The Bertz CT molecular complexity index is 3630. The number of nitrogens with zero attached hydrogens (tertiary/aromatic N) is 4. The van der Waals surface area contributed by atoms with Crippen LogP contribution in [0, 0.1) is 52.9 Å². The predicted octanol–water partition coefficient (Wildman–Crippen LogP) is 16.5. The number of anilines is 6. The molecule has 0 aromatic heterocycles. The first kappa shape index (κ1) is 42.3. The van der Waals surface area contributed by atoms with Crippen LogP contribution < -0.4 is 9.80 Å². The van der Waals surface area contributed by atoms with E-state index in [9.17, 15) is 23.7 Å². The van der Waals surface area contributed by atoms with Crippen LogP contribution in [0.3, 0.4) is 0 Å². The van der Waals surface area contributed by atoms with E-state index in [0.717, 1.165) is 57.4 Å². The van der Waals surface area contributed by atoms with Crippen molar-refractivity contribution in [2.24, 2.45) is 0 Å². The van der Waals surface area contributed by atoms with Gasteiger partial charge in [-0.15, -0.1) is 0 Å². The van der Waals surface area contributed by atoms with Crippen molar-refractivity contribution in [1.29, 1.82) is 10.5 Å². The molecule has 0 radical (unpaired) electrons. The number of aryl methyl sites for hydroxylation is 1. The minimum Gasteiger partial charge on any atom is -0.307 e. The second-order valence-corrected chi connectivity index (χ2v) is 16.1. The van der Waals surface area contributed by atoms with Gasteiger partial charge in [0.15, 0.2) is 0 Å². The molecule has 0 amide bonds. The Labute approximate surface area is 379 Å². The smallest absolute Gasteiger partial charge is 0.307 e. The van der Waals surface area contributed by atoms with Crippen molar-refractivity contribution in [3.8, 4) is 34.4 Å². The standard InChI is InChI=1S/C56H31F7N4/c1-32-2-8-35(9-3-32)44-26-52(48(59)28-46(44)57)66(40-18-4-33(30-64)5-19-40)50-24-14-37-13-23-43-51(25-15-38-12-22-42(50)54(37)55(38)43)67(41-20-6-34(31-65)7-21-41)53-27-45(47(58)29-49(53)60)36-10-16-39(17-11-36)56(61,62)63/h2-29H,1H3. The third-order valence-electron chi connectivity index (χ3n) is 12.1. The maximum atomic E-state index is 16.5. The van der Waals surface area contributed by atoms with Crippen molar-refractivity contribution in [3.63, 3.8) is 0 Å². The van der Waals surface area contributed by atoms with E-state index >= 15 is 17.6 Å². The summed E-state index contributed by atoms with van der Waals surface area (Å²) < 4.78 is 105. The molecule has 0 N–H and O–H groups in total. The van der Waals surface area contributed by atoms with Gasteiger partial charge in [0, 0.05) is 45.4 Å². The molecule has 0 aliphatic rings. The first-order valence-corrected chi connectivity index (χ1v) is 20.8. The fraction of sp³-hybridized carbons (Fsp3) is 0.0357. The molecule has 0 saturated carbocycles. The lowest BCUT2D eigenvalue weighted by Crippen LogP contribution is -2.14. The molecule has 0 spiro atoms. The first-order chi connectivity index (χ1) is 32.3. The van der Waals surface area contributed by atoms with E-state index in [1.165, 1.54) is 12.1 Å². The van der Waals surface area contributed by atoms with Crippen molar-refractivity contribution < 1.29 is 30.7 Å². The minimum absolute atomic E-state index is 0.0417. The number of hydrogen-bond acceptors (Lipinski definition) is 4. The zero-order chi connectivity index (χ0) is 46.7. The lowest BCUT2D eigenvalue weighted by molar-refractivity contribution is -0.137. The number of halogens is 7. The Balaban J connectivity index is 1.21. The average molecular weight is 893 g/mol. The zero-order valence-electron chi connectivity index (χ0n) is 35.1. The van der Waals surface area contributed by atoms with Gasteiger partial charge in [0.05, 0.1) is 51.6 Å². The van der Waals surface area contributed by atoms with Crippen molar-refractivity contribution in [1.82, 2.24) is 0 Å². The van der Waals surface area contributed by atoms with E-state index in [-0.39, 0.29) is 28.1 Å². The van der Waals surface area contributed by atoms with E-state index < -0.39 is 35.0 Å². The molecule has 10 aromatic rings. The third-order valence-corrected chi connectivity index (χ3v) is 12.1. The van der Waals surface area contributed by atoms with Gasteiger partial charge in [-0.2, -0.15) is 23.7 Å².